The highest BCUT2D eigenvalue weighted by Gasteiger charge is 2.60. The van der Waals surface area contributed by atoms with Crippen LogP contribution in [-0.4, -0.2) is 38.0 Å². The summed E-state index contributed by atoms with van der Waals surface area (Å²) in [5.41, 5.74) is 0.126. The molecule has 2 saturated heterocycles. The first kappa shape index (κ1) is 11.0. The second-order valence-electron chi connectivity index (χ2n) is 3.65. The van der Waals surface area contributed by atoms with Gasteiger partial charge in [0.15, 0.2) is 0 Å². The van der Waals surface area contributed by atoms with Gasteiger partial charge in [0.1, 0.15) is 0 Å². The number of carbonyl (C=O) groups excluding carboxylic acids is 2. The average Bonchev–Trinajstić information content (AvgIpc) is 2.34. The highest BCUT2D eigenvalue weighted by molar-refractivity contribution is 8.02. The van der Waals surface area contributed by atoms with Gasteiger partial charge in [0.05, 0.1) is 17.5 Å². The molecular formula is C9H10N2O4S. The van der Waals surface area contributed by atoms with Gasteiger partial charge < -0.3 is 10.4 Å². The normalized spacial score (nSPS) is 32.1. The maximum atomic E-state index is 11.3. The second kappa shape index (κ2) is 3.24. The molecule has 16 heavy (non-hydrogen) atoms. The van der Waals surface area contributed by atoms with Crippen LogP contribution in [0.15, 0.2) is 12.3 Å². The third-order valence-electron chi connectivity index (χ3n) is 2.57. The van der Waals surface area contributed by atoms with Crippen LogP contribution in [0, 0.1) is 0 Å². The molecule has 2 amide bonds. The van der Waals surface area contributed by atoms with Crippen LogP contribution in [0.5, 0.6) is 0 Å². The van der Waals surface area contributed by atoms with Gasteiger partial charge in [0.25, 0.3) is 0 Å². The van der Waals surface area contributed by atoms with E-state index in [1.807, 2.05) is 0 Å². The third kappa shape index (κ3) is 1.24. The lowest BCUT2D eigenvalue weighted by Gasteiger charge is -2.33. The van der Waals surface area contributed by atoms with Crippen molar-refractivity contribution in [3.63, 3.8) is 0 Å². The van der Waals surface area contributed by atoms with E-state index in [1.54, 1.807) is 0 Å². The number of fused-ring (bicyclic) bond motifs is 1. The first-order valence-electron chi connectivity index (χ1n) is 4.60. The Hall–Kier alpha value is -1.50. The fourth-order valence-corrected chi connectivity index (χ4v) is 3.35. The number of rotatable bonds is 2. The van der Waals surface area contributed by atoms with Gasteiger partial charge in [-0.2, -0.15) is 0 Å². The van der Waals surface area contributed by atoms with Gasteiger partial charge in [-0.05, 0) is 0 Å². The minimum atomic E-state index is -1.59. The first-order valence-corrected chi connectivity index (χ1v) is 5.48. The maximum absolute atomic E-state index is 11.3. The number of hydrogen-bond acceptors (Lipinski definition) is 4. The van der Waals surface area contributed by atoms with Crippen LogP contribution in [0.4, 0.5) is 0 Å². The molecule has 7 heteroatoms. The van der Waals surface area contributed by atoms with Crippen LogP contribution in [0.25, 0.3) is 0 Å². The maximum Gasteiger partial charge on any atom is 0.346 e. The third-order valence-corrected chi connectivity index (χ3v) is 4.08. The van der Waals surface area contributed by atoms with Gasteiger partial charge in [-0.15, -0.1) is 0 Å². The largest absolute Gasteiger partial charge is 0.479 e. The molecule has 0 aliphatic carbocycles. The van der Waals surface area contributed by atoms with E-state index in [-0.39, 0.29) is 23.4 Å². The van der Waals surface area contributed by atoms with Crippen molar-refractivity contribution in [1.29, 1.82) is 0 Å². The van der Waals surface area contributed by atoms with Crippen LogP contribution in [0.1, 0.15) is 13.3 Å². The molecule has 2 rings (SSSR count). The molecule has 0 aromatic carbocycles. The molecule has 1 unspecified atom stereocenters. The summed E-state index contributed by atoms with van der Waals surface area (Å²) in [6.45, 7) is 4.84. The standard InChI is InChI=1S/C9H10N2O4S/c1-4-9(8(14)15,10-5(2)12)16-7-3-6(13)11(4)7/h7H,1,3H2,2H3,(H,10,12)(H,14,15)/t7-,9?/m1/s1. The Morgan fingerprint density at radius 2 is 2.31 bits per heavy atom. The predicted octanol–water partition coefficient (Wildman–Crippen LogP) is -0.278. The van der Waals surface area contributed by atoms with E-state index >= 15 is 0 Å². The molecule has 2 aliphatic rings. The molecule has 0 spiro atoms. The van der Waals surface area contributed by atoms with Gasteiger partial charge in [-0.1, -0.05) is 18.3 Å². The van der Waals surface area contributed by atoms with Gasteiger partial charge in [0, 0.05) is 6.92 Å². The summed E-state index contributed by atoms with van der Waals surface area (Å²) < 4.78 is 0. The Labute approximate surface area is 95.7 Å². The Balaban J connectivity index is 2.35. The monoisotopic (exact) mass is 242 g/mol. The number of carboxylic acid groups (broad SMARTS) is 1. The predicted molar refractivity (Wildman–Crippen MR) is 56.2 cm³/mol. The van der Waals surface area contributed by atoms with Gasteiger partial charge >= 0.3 is 5.97 Å². The van der Waals surface area contributed by atoms with Crippen molar-refractivity contribution in [3.05, 3.63) is 12.3 Å². The Bertz CT molecular complexity index is 422. The van der Waals surface area contributed by atoms with Gasteiger partial charge in [-0.25, -0.2) is 4.79 Å². The summed E-state index contributed by atoms with van der Waals surface area (Å²) in [5.74, 6) is -1.83. The van der Waals surface area contributed by atoms with Crippen molar-refractivity contribution < 1.29 is 19.5 Å². The average molecular weight is 242 g/mol. The number of aliphatic carboxylic acids is 1. The van der Waals surface area contributed by atoms with Crippen LogP contribution in [0.3, 0.4) is 0 Å². The fourth-order valence-electron chi connectivity index (χ4n) is 1.82. The van der Waals surface area contributed by atoms with Crippen molar-refractivity contribution in [2.45, 2.75) is 23.6 Å². The summed E-state index contributed by atoms with van der Waals surface area (Å²) in [5, 5.41) is 11.3. The number of β-lactam (4-membered cyclic amide) rings is 1. The molecule has 86 valence electrons. The topological polar surface area (TPSA) is 86.7 Å². The first-order chi connectivity index (χ1) is 7.38. The quantitative estimate of drug-likeness (QED) is 0.650. The highest BCUT2D eigenvalue weighted by Crippen LogP contribution is 2.51. The minimum Gasteiger partial charge on any atom is -0.479 e. The van der Waals surface area contributed by atoms with E-state index < -0.39 is 16.7 Å². The lowest BCUT2D eigenvalue weighted by atomic mass is 10.1. The highest BCUT2D eigenvalue weighted by atomic mass is 32.2. The lowest BCUT2D eigenvalue weighted by molar-refractivity contribution is -0.143. The SMILES string of the molecule is C=C1N2C(=O)C[C@H]2SC1(NC(C)=O)C(=O)O. The summed E-state index contributed by atoms with van der Waals surface area (Å²) >= 11 is 1.03. The molecule has 6 nitrogen and oxygen atoms in total. The van der Waals surface area contributed by atoms with Crippen molar-refractivity contribution in [1.82, 2.24) is 10.2 Å². The number of nitrogens with one attached hydrogen (secondary N) is 1. The van der Waals surface area contributed by atoms with Gasteiger partial charge in [0.2, 0.25) is 16.7 Å². The summed E-state index contributed by atoms with van der Waals surface area (Å²) in [7, 11) is 0. The number of nitrogens with zero attached hydrogens (tertiary/aromatic N) is 1. The van der Waals surface area contributed by atoms with E-state index in [1.165, 1.54) is 11.8 Å². The molecule has 2 heterocycles. The minimum absolute atomic E-state index is 0.126. The van der Waals surface area contributed by atoms with E-state index in [2.05, 4.69) is 11.9 Å². The number of carbonyl (C=O) groups is 3. The van der Waals surface area contributed by atoms with Crippen molar-refractivity contribution in [2.75, 3.05) is 0 Å². The molecule has 0 saturated carbocycles. The number of hydrogen-bond donors (Lipinski definition) is 2. The molecule has 0 aromatic heterocycles. The molecule has 2 fully saturated rings. The van der Waals surface area contributed by atoms with E-state index in [4.69, 9.17) is 0 Å². The van der Waals surface area contributed by atoms with Crippen LogP contribution >= 0.6 is 11.8 Å². The summed E-state index contributed by atoms with van der Waals surface area (Å²) in [6.07, 6.45) is 0.290. The zero-order valence-corrected chi connectivity index (χ0v) is 9.34. The molecule has 0 radical (unpaired) electrons. The number of amides is 2. The smallest absolute Gasteiger partial charge is 0.346 e. The molecular weight excluding hydrogens is 232 g/mol. The van der Waals surface area contributed by atoms with Gasteiger partial charge in [-0.3, -0.25) is 14.5 Å². The van der Waals surface area contributed by atoms with Crippen LogP contribution in [0.2, 0.25) is 0 Å². The van der Waals surface area contributed by atoms with E-state index in [0.717, 1.165) is 11.8 Å². The second-order valence-corrected chi connectivity index (χ2v) is 5.05. The molecule has 2 N–H and O–H groups in total. The van der Waals surface area contributed by atoms with Crippen molar-refractivity contribution >= 4 is 29.5 Å². The van der Waals surface area contributed by atoms with E-state index in [9.17, 15) is 19.5 Å². The van der Waals surface area contributed by atoms with Crippen LogP contribution < -0.4 is 5.32 Å². The number of thioether (sulfide) groups is 1. The molecule has 2 atom stereocenters. The molecule has 2 aliphatic heterocycles. The zero-order chi connectivity index (χ0) is 12.1. The van der Waals surface area contributed by atoms with Crippen molar-refractivity contribution in [3.8, 4) is 0 Å². The molecule has 0 bridgehead atoms. The summed E-state index contributed by atoms with van der Waals surface area (Å²) in [6, 6.07) is 0. The Morgan fingerprint density at radius 1 is 1.69 bits per heavy atom. The number of carboxylic acids is 1. The van der Waals surface area contributed by atoms with Crippen LogP contribution in [-0.2, 0) is 14.4 Å². The summed E-state index contributed by atoms with van der Waals surface area (Å²) in [4.78, 5) is 33.3. The molecule has 0 aromatic rings. The van der Waals surface area contributed by atoms with E-state index in [0.29, 0.717) is 0 Å². The Morgan fingerprint density at radius 3 is 2.69 bits per heavy atom. The zero-order valence-electron chi connectivity index (χ0n) is 8.52. The van der Waals surface area contributed by atoms with Crippen molar-refractivity contribution in [2.24, 2.45) is 0 Å². The Kier molecular flexibility index (Phi) is 2.23. The fraction of sp³-hybridized carbons (Fsp3) is 0.444. The lowest BCUT2D eigenvalue weighted by Crippen LogP contribution is -2.53.